The molecule has 0 spiro atoms. The first-order valence-corrected chi connectivity index (χ1v) is 12.6. The number of amides is 1. The molecular weight excluding hydrogens is 483 g/mol. The van der Waals surface area contributed by atoms with E-state index < -0.39 is 27.5 Å². The number of carbonyl (C=O) groups is 1. The maximum Gasteiger partial charge on any atom is 0.410 e. The number of rotatable bonds is 6. The molecule has 0 atom stereocenters. The molecule has 1 amide bonds. The number of aromatic nitrogens is 1. The lowest BCUT2D eigenvalue weighted by Gasteiger charge is -2.24. The topological polar surface area (TPSA) is 77.8 Å². The summed E-state index contributed by atoms with van der Waals surface area (Å²) < 4.78 is 53.5. The molecule has 0 fully saturated rings. The van der Waals surface area contributed by atoms with Crippen molar-refractivity contribution in [1.82, 2.24) is 8.87 Å². The van der Waals surface area contributed by atoms with Gasteiger partial charge in [0, 0.05) is 31.5 Å². The average Bonchev–Trinajstić information content (AvgIpc) is 3.23. The number of methoxy groups -OCH3 is 1. The fourth-order valence-electron chi connectivity index (χ4n) is 3.38. The minimum atomic E-state index is -4.14. The Morgan fingerprint density at radius 1 is 1.11 bits per heavy atom. The smallest absolute Gasteiger partial charge is 0.410 e. The van der Waals surface area contributed by atoms with E-state index in [1.807, 2.05) is 0 Å². The standard InChI is InChI=1S/C27H29FN2O5S/c1-27(2,3)35-26(31)29(4)18-21-17-25(23-13-6-7-14-24(23)28)30(19-21)36(32,33)22-12-8-10-20(16-22)11-9-15-34-5/h6-8,10,12-14,16-17,19H,15,18H2,1-5H3. The molecule has 0 aliphatic heterocycles. The molecule has 9 heteroatoms. The van der Waals surface area contributed by atoms with E-state index in [-0.39, 0.29) is 29.3 Å². The zero-order chi connectivity index (χ0) is 26.5. The first-order chi connectivity index (χ1) is 16.9. The lowest BCUT2D eigenvalue weighted by atomic mass is 10.1. The van der Waals surface area contributed by atoms with Crippen LogP contribution in [0.5, 0.6) is 0 Å². The van der Waals surface area contributed by atoms with Crippen LogP contribution in [0, 0.1) is 17.7 Å². The fraction of sp³-hybridized carbons (Fsp3) is 0.296. The van der Waals surface area contributed by atoms with Gasteiger partial charge in [0.15, 0.2) is 0 Å². The fourth-order valence-corrected chi connectivity index (χ4v) is 4.82. The highest BCUT2D eigenvalue weighted by atomic mass is 32.2. The molecule has 0 bridgehead atoms. The molecule has 7 nitrogen and oxygen atoms in total. The first kappa shape index (κ1) is 27.0. The van der Waals surface area contributed by atoms with E-state index in [0.29, 0.717) is 11.1 Å². The van der Waals surface area contributed by atoms with Gasteiger partial charge in [0.25, 0.3) is 10.0 Å². The van der Waals surface area contributed by atoms with Crippen LogP contribution in [0.2, 0.25) is 0 Å². The number of hydrogen-bond acceptors (Lipinski definition) is 5. The van der Waals surface area contributed by atoms with Crippen LogP contribution in [0.25, 0.3) is 11.3 Å². The zero-order valence-corrected chi connectivity index (χ0v) is 21.7. The van der Waals surface area contributed by atoms with Gasteiger partial charge in [-0.25, -0.2) is 21.6 Å². The summed E-state index contributed by atoms with van der Waals surface area (Å²) in [6.07, 6.45) is 0.828. The third kappa shape index (κ3) is 6.53. The van der Waals surface area contributed by atoms with Gasteiger partial charge in [-0.2, -0.15) is 0 Å². The predicted octanol–water partition coefficient (Wildman–Crippen LogP) is 4.90. The molecule has 1 heterocycles. The van der Waals surface area contributed by atoms with Crippen molar-refractivity contribution in [2.75, 3.05) is 20.8 Å². The van der Waals surface area contributed by atoms with Crippen molar-refractivity contribution >= 4 is 16.1 Å². The molecule has 3 rings (SSSR count). The second-order valence-electron chi connectivity index (χ2n) is 9.11. The number of carbonyl (C=O) groups excluding carboxylic acids is 1. The Morgan fingerprint density at radius 3 is 2.50 bits per heavy atom. The van der Waals surface area contributed by atoms with Gasteiger partial charge in [-0.3, -0.25) is 0 Å². The van der Waals surface area contributed by atoms with Gasteiger partial charge in [0.1, 0.15) is 18.0 Å². The van der Waals surface area contributed by atoms with Crippen molar-refractivity contribution in [3.8, 4) is 23.1 Å². The molecule has 0 saturated heterocycles. The molecule has 0 N–H and O–H groups in total. The summed E-state index contributed by atoms with van der Waals surface area (Å²) in [6.45, 7) is 5.53. The van der Waals surface area contributed by atoms with E-state index in [4.69, 9.17) is 9.47 Å². The predicted molar refractivity (Wildman–Crippen MR) is 135 cm³/mol. The first-order valence-electron chi connectivity index (χ1n) is 11.2. The lowest BCUT2D eigenvalue weighted by Crippen LogP contribution is -2.33. The van der Waals surface area contributed by atoms with Crippen LogP contribution in [0.1, 0.15) is 31.9 Å². The minimum absolute atomic E-state index is 0.00745. The third-order valence-corrected chi connectivity index (χ3v) is 6.63. The Balaban J connectivity index is 2.07. The molecule has 0 saturated carbocycles. The number of hydrogen-bond donors (Lipinski definition) is 0. The van der Waals surface area contributed by atoms with E-state index in [1.54, 1.807) is 52.1 Å². The van der Waals surface area contributed by atoms with Crippen LogP contribution < -0.4 is 0 Å². The van der Waals surface area contributed by atoms with Crippen LogP contribution in [0.3, 0.4) is 0 Å². The number of nitrogens with zero attached hydrogens (tertiary/aromatic N) is 2. The van der Waals surface area contributed by atoms with Gasteiger partial charge in [-0.1, -0.05) is 30.0 Å². The molecule has 2 aromatic carbocycles. The highest BCUT2D eigenvalue weighted by molar-refractivity contribution is 7.90. The Hall–Kier alpha value is -3.61. The molecular formula is C27H29FN2O5S. The summed E-state index contributed by atoms with van der Waals surface area (Å²) in [5.41, 5.74) is 0.550. The highest BCUT2D eigenvalue weighted by Gasteiger charge is 2.25. The van der Waals surface area contributed by atoms with Crippen molar-refractivity contribution in [1.29, 1.82) is 0 Å². The van der Waals surface area contributed by atoms with Gasteiger partial charge >= 0.3 is 6.09 Å². The van der Waals surface area contributed by atoms with E-state index >= 15 is 0 Å². The summed E-state index contributed by atoms with van der Waals surface area (Å²) in [5.74, 6) is 5.08. The van der Waals surface area contributed by atoms with Crippen LogP contribution in [-0.2, 0) is 26.0 Å². The SMILES string of the molecule is COCC#Cc1cccc(S(=O)(=O)n2cc(CN(C)C(=O)OC(C)(C)C)cc2-c2ccccc2F)c1. The minimum Gasteiger partial charge on any atom is -0.444 e. The third-order valence-electron chi connectivity index (χ3n) is 4.96. The van der Waals surface area contributed by atoms with Crippen molar-refractivity contribution in [2.45, 2.75) is 37.8 Å². The van der Waals surface area contributed by atoms with E-state index in [1.165, 1.54) is 48.5 Å². The summed E-state index contributed by atoms with van der Waals surface area (Å²) in [7, 11) is -1.07. The summed E-state index contributed by atoms with van der Waals surface area (Å²) in [6, 6.07) is 13.7. The maximum absolute atomic E-state index is 14.7. The van der Waals surface area contributed by atoms with Gasteiger partial charge in [-0.05, 0) is 62.7 Å². The quantitative estimate of drug-likeness (QED) is 0.439. The second kappa shape index (κ2) is 11.0. The second-order valence-corrected chi connectivity index (χ2v) is 10.9. The molecule has 0 radical (unpaired) electrons. The van der Waals surface area contributed by atoms with Crippen molar-refractivity contribution < 1.29 is 27.1 Å². The monoisotopic (exact) mass is 512 g/mol. The number of benzene rings is 2. The molecule has 1 aromatic heterocycles. The van der Waals surface area contributed by atoms with Crippen molar-refractivity contribution in [3.63, 3.8) is 0 Å². The van der Waals surface area contributed by atoms with Crippen LogP contribution in [0.15, 0.2) is 65.7 Å². The molecule has 36 heavy (non-hydrogen) atoms. The van der Waals surface area contributed by atoms with Crippen LogP contribution >= 0.6 is 0 Å². The lowest BCUT2D eigenvalue weighted by molar-refractivity contribution is 0.0285. The van der Waals surface area contributed by atoms with Crippen molar-refractivity contribution in [3.05, 3.63) is 77.7 Å². The van der Waals surface area contributed by atoms with Crippen molar-refractivity contribution in [2.24, 2.45) is 0 Å². The summed E-state index contributed by atoms with van der Waals surface area (Å²) >= 11 is 0. The largest absolute Gasteiger partial charge is 0.444 e. The maximum atomic E-state index is 14.7. The molecule has 0 unspecified atom stereocenters. The number of halogens is 1. The summed E-state index contributed by atoms with van der Waals surface area (Å²) in [5, 5.41) is 0. The average molecular weight is 513 g/mol. The molecule has 190 valence electrons. The van der Waals surface area contributed by atoms with Gasteiger partial charge in [-0.15, -0.1) is 0 Å². The Labute approximate surface area is 211 Å². The Kier molecular flexibility index (Phi) is 8.23. The van der Waals surface area contributed by atoms with Gasteiger partial charge < -0.3 is 14.4 Å². The Morgan fingerprint density at radius 2 is 1.83 bits per heavy atom. The van der Waals surface area contributed by atoms with E-state index in [2.05, 4.69) is 11.8 Å². The molecule has 0 aliphatic carbocycles. The van der Waals surface area contributed by atoms with E-state index in [0.717, 1.165) is 3.97 Å². The van der Waals surface area contributed by atoms with Gasteiger partial charge in [0.05, 0.1) is 17.1 Å². The van der Waals surface area contributed by atoms with Gasteiger partial charge in [0.2, 0.25) is 0 Å². The zero-order valence-electron chi connectivity index (χ0n) is 20.9. The summed E-state index contributed by atoms with van der Waals surface area (Å²) in [4.78, 5) is 13.8. The molecule has 0 aliphatic rings. The Bertz CT molecular complexity index is 1410. The van der Waals surface area contributed by atoms with E-state index in [9.17, 15) is 17.6 Å². The number of ether oxygens (including phenoxy) is 2. The van der Waals surface area contributed by atoms with Crippen LogP contribution in [0.4, 0.5) is 9.18 Å². The highest BCUT2D eigenvalue weighted by Crippen LogP contribution is 2.30. The van der Waals surface area contributed by atoms with Crippen LogP contribution in [-0.4, -0.2) is 49.7 Å². The molecule has 3 aromatic rings. The normalized spacial score (nSPS) is 11.5.